The minimum Gasteiger partial charge on any atom is -0.484 e. The zero-order chi connectivity index (χ0) is 19.2. The molecule has 1 aromatic heterocycles. The van der Waals surface area contributed by atoms with E-state index in [1.54, 1.807) is 49.4 Å². The van der Waals surface area contributed by atoms with E-state index in [1.807, 2.05) is 6.07 Å². The van der Waals surface area contributed by atoms with Crippen LogP contribution in [0.3, 0.4) is 0 Å². The summed E-state index contributed by atoms with van der Waals surface area (Å²) >= 11 is 0. The lowest BCUT2D eigenvalue weighted by Crippen LogP contribution is -2.20. The number of carbonyl (C=O) groups excluding carboxylic acids is 2. The molecule has 0 unspecified atom stereocenters. The Morgan fingerprint density at radius 3 is 2.41 bits per heavy atom. The fourth-order valence-electron chi connectivity index (χ4n) is 2.32. The maximum Gasteiger partial charge on any atom is 0.262 e. The lowest BCUT2D eigenvalue weighted by Gasteiger charge is -2.09. The van der Waals surface area contributed by atoms with Gasteiger partial charge in [-0.15, -0.1) is 0 Å². The van der Waals surface area contributed by atoms with Gasteiger partial charge in [0.15, 0.2) is 12.4 Å². The SMILES string of the molecule is CC(=O)Nc1ccc(NC(=O)COc2cccc(-c3nc(C)no3)c2)cc1. The molecule has 8 heteroatoms. The second kappa shape index (κ2) is 8.13. The molecule has 0 radical (unpaired) electrons. The van der Waals surface area contributed by atoms with Crippen molar-refractivity contribution < 1.29 is 18.8 Å². The van der Waals surface area contributed by atoms with Gasteiger partial charge >= 0.3 is 0 Å². The van der Waals surface area contributed by atoms with E-state index in [9.17, 15) is 9.59 Å². The Hall–Kier alpha value is -3.68. The van der Waals surface area contributed by atoms with Gasteiger partial charge in [0.2, 0.25) is 5.91 Å². The van der Waals surface area contributed by atoms with Crippen LogP contribution < -0.4 is 15.4 Å². The first kappa shape index (κ1) is 18.1. The van der Waals surface area contributed by atoms with Crippen molar-refractivity contribution in [1.82, 2.24) is 10.1 Å². The van der Waals surface area contributed by atoms with E-state index in [1.165, 1.54) is 6.92 Å². The van der Waals surface area contributed by atoms with E-state index in [2.05, 4.69) is 20.8 Å². The summed E-state index contributed by atoms with van der Waals surface area (Å²) in [6.07, 6.45) is 0. The Morgan fingerprint density at radius 2 is 1.78 bits per heavy atom. The van der Waals surface area contributed by atoms with Crippen LogP contribution in [0, 0.1) is 6.92 Å². The molecule has 0 atom stereocenters. The molecule has 3 rings (SSSR count). The smallest absolute Gasteiger partial charge is 0.262 e. The van der Waals surface area contributed by atoms with E-state index in [-0.39, 0.29) is 18.4 Å². The highest BCUT2D eigenvalue weighted by Gasteiger charge is 2.09. The highest BCUT2D eigenvalue weighted by Crippen LogP contribution is 2.22. The van der Waals surface area contributed by atoms with Gasteiger partial charge in [-0.25, -0.2) is 0 Å². The third kappa shape index (κ3) is 5.15. The number of aryl methyl sites for hydroxylation is 1. The molecule has 0 aliphatic heterocycles. The lowest BCUT2D eigenvalue weighted by atomic mass is 10.2. The van der Waals surface area contributed by atoms with Crippen LogP contribution in [-0.2, 0) is 9.59 Å². The van der Waals surface area contributed by atoms with E-state index in [4.69, 9.17) is 9.26 Å². The summed E-state index contributed by atoms with van der Waals surface area (Å²) in [5.74, 6) is 0.987. The number of nitrogens with one attached hydrogen (secondary N) is 2. The van der Waals surface area contributed by atoms with Gasteiger partial charge in [0.05, 0.1) is 0 Å². The molecule has 0 saturated heterocycles. The summed E-state index contributed by atoms with van der Waals surface area (Å²) in [5, 5.41) is 9.13. The van der Waals surface area contributed by atoms with Crippen molar-refractivity contribution in [2.24, 2.45) is 0 Å². The number of aromatic nitrogens is 2. The molecule has 2 amide bonds. The zero-order valence-electron chi connectivity index (χ0n) is 14.9. The summed E-state index contributed by atoms with van der Waals surface area (Å²) in [6, 6.07) is 13.9. The molecule has 0 fully saturated rings. The number of anilines is 2. The van der Waals surface area contributed by atoms with Crippen LogP contribution in [0.1, 0.15) is 12.7 Å². The van der Waals surface area contributed by atoms with E-state index >= 15 is 0 Å². The molecule has 0 saturated carbocycles. The normalized spacial score (nSPS) is 10.3. The minimum absolute atomic E-state index is 0.153. The number of amides is 2. The quantitative estimate of drug-likeness (QED) is 0.694. The monoisotopic (exact) mass is 366 g/mol. The maximum atomic E-state index is 12.1. The van der Waals surface area contributed by atoms with E-state index in [0.29, 0.717) is 34.4 Å². The summed E-state index contributed by atoms with van der Waals surface area (Å²) in [5.41, 5.74) is 1.97. The second-order valence-corrected chi connectivity index (χ2v) is 5.77. The molecule has 2 N–H and O–H groups in total. The maximum absolute atomic E-state index is 12.1. The predicted octanol–water partition coefficient (Wildman–Crippen LogP) is 3.02. The van der Waals surface area contributed by atoms with Crippen molar-refractivity contribution in [2.45, 2.75) is 13.8 Å². The summed E-state index contributed by atoms with van der Waals surface area (Å²) in [4.78, 5) is 27.2. The van der Waals surface area contributed by atoms with Crippen molar-refractivity contribution in [1.29, 1.82) is 0 Å². The van der Waals surface area contributed by atoms with Crippen molar-refractivity contribution in [3.05, 3.63) is 54.4 Å². The van der Waals surface area contributed by atoms with Crippen LogP contribution in [0.25, 0.3) is 11.5 Å². The van der Waals surface area contributed by atoms with Crippen LogP contribution in [0.4, 0.5) is 11.4 Å². The number of rotatable bonds is 6. The molecule has 0 bridgehead atoms. The average molecular weight is 366 g/mol. The number of hydrogen-bond donors (Lipinski definition) is 2. The molecule has 0 aliphatic carbocycles. The third-order valence-electron chi connectivity index (χ3n) is 3.47. The van der Waals surface area contributed by atoms with Gasteiger partial charge in [0.25, 0.3) is 11.8 Å². The Bertz CT molecular complexity index is 950. The fourth-order valence-corrected chi connectivity index (χ4v) is 2.32. The zero-order valence-corrected chi connectivity index (χ0v) is 14.9. The Labute approximate surface area is 155 Å². The van der Waals surface area contributed by atoms with E-state index in [0.717, 1.165) is 0 Å². The Morgan fingerprint density at radius 1 is 1.07 bits per heavy atom. The van der Waals surface area contributed by atoms with Gasteiger partial charge < -0.3 is 19.9 Å². The first-order valence-corrected chi connectivity index (χ1v) is 8.20. The van der Waals surface area contributed by atoms with E-state index < -0.39 is 0 Å². The number of nitrogens with zero attached hydrogens (tertiary/aromatic N) is 2. The Balaban J connectivity index is 1.55. The molecular weight excluding hydrogens is 348 g/mol. The largest absolute Gasteiger partial charge is 0.484 e. The van der Waals surface area contributed by atoms with Crippen LogP contribution in [0.15, 0.2) is 53.1 Å². The summed E-state index contributed by atoms with van der Waals surface area (Å²) in [6.45, 7) is 3.02. The van der Waals surface area contributed by atoms with Crippen molar-refractivity contribution in [3.8, 4) is 17.2 Å². The number of carbonyl (C=O) groups is 2. The number of ether oxygens (including phenoxy) is 1. The first-order chi connectivity index (χ1) is 13.0. The van der Waals surface area contributed by atoms with Crippen LogP contribution in [0.5, 0.6) is 5.75 Å². The van der Waals surface area contributed by atoms with Crippen LogP contribution in [0.2, 0.25) is 0 Å². The molecule has 0 aliphatic rings. The van der Waals surface area contributed by atoms with Gasteiger partial charge in [-0.1, -0.05) is 11.2 Å². The van der Waals surface area contributed by atoms with Crippen molar-refractivity contribution in [3.63, 3.8) is 0 Å². The molecule has 2 aromatic carbocycles. The van der Waals surface area contributed by atoms with Crippen LogP contribution in [-0.4, -0.2) is 28.6 Å². The van der Waals surface area contributed by atoms with Crippen molar-refractivity contribution >= 4 is 23.2 Å². The molecule has 0 spiro atoms. The fraction of sp³-hybridized carbons (Fsp3) is 0.158. The highest BCUT2D eigenvalue weighted by molar-refractivity contribution is 5.93. The molecular formula is C19H18N4O4. The predicted molar refractivity (Wildman–Crippen MR) is 99.3 cm³/mol. The van der Waals surface area contributed by atoms with Gasteiger partial charge in [-0.2, -0.15) is 4.98 Å². The second-order valence-electron chi connectivity index (χ2n) is 5.77. The lowest BCUT2D eigenvalue weighted by molar-refractivity contribution is -0.118. The average Bonchev–Trinajstić information content (AvgIpc) is 3.08. The standard InChI is InChI=1S/C19H18N4O4/c1-12-20-19(27-23-12)14-4-3-5-17(10-14)26-11-18(25)22-16-8-6-15(7-9-16)21-13(2)24/h3-10H,11H2,1-2H3,(H,21,24)(H,22,25). The Kier molecular flexibility index (Phi) is 5.46. The number of hydrogen-bond acceptors (Lipinski definition) is 6. The summed E-state index contributed by atoms with van der Waals surface area (Å²) < 4.78 is 10.6. The third-order valence-corrected chi connectivity index (χ3v) is 3.47. The van der Waals surface area contributed by atoms with Crippen molar-refractivity contribution in [2.75, 3.05) is 17.2 Å². The topological polar surface area (TPSA) is 106 Å². The molecule has 8 nitrogen and oxygen atoms in total. The molecule has 3 aromatic rings. The molecule has 138 valence electrons. The summed E-state index contributed by atoms with van der Waals surface area (Å²) in [7, 11) is 0. The minimum atomic E-state index is -0.304. The molecule has 27 heavy (non-hydrogen) atoms. The molecule has 1 heterocycles. The van der Waals surface area contributed by atoms with Gasteiger partial charge in [0, 0.05) is 23.9 Å². The first-order valence-electron chi connectivity index (χ1n) is 8.20. The van der Waals surface area contributed by atoms with Gasteiger partial charge in [-0.3, -0.25) is 9.59 Å². The number of benzene rings is 2. The van der Waals surface area contributed by atoms with Gasteiger partial charge in [0.1, 0.15) is 5.75 Å². The van der Waals surface area contributed by atoms with Gasteiger partial charge in [-0.05, 0) is 49.4 Å². The highest BCUT2D eigenvalue weighted by atomic mass is 16.5. The van der Waals surface area contributed by atoms with Crippen LogP contribution >= 0.6 is 0 Å².